The quantitative estimate of drug-likeness (QED) is 0.286. The number of pyridine rings is 1. The Kier molecular flexibility index (Phi) is 6.81. The zero-order chi connectivity index (χ0) is 21.1. The summed E-state index contributed by atoms with van der Waals surface area (Å²) in [7, 11) is 0. The third kappa shape index (κ3) is 5.54. The Hall–Kier alpha value is -2.43. The molecule has 2 aromatic heterocycles. The highest BCUT2D eigenvalue weighted by molar-refractivity contribution is 7.99. The van der Waals surface area contributed by atoms with Gasteiger partial charge >= 0.3 is 12.1 Å². The van der Waals surface area contributed by atoms with E-state index in [9.17, 15) is 31.5 Å². The van der Waals surface area contributed by atoms with Crippen LogP contribution in [0, 0.1) is 13.8 Å². The molecule has 5 nitrogen and oxygen atoms in total. The normalized spacial score (nSPS) is 11.7. The van der Waals surface area contributed by atoms with Crippen LogP contribution in [-0.4, -0.2) is 39.8 Å². The molecule has 0 atom stereocenters. The maximum Gasteiger partial charge on any atom is 0.406 e. The van der Waals surface area contributed by atoms with Crippen molar-refractivity contribution in [2.75, 3.05) is 6.61 Å². The highest BCUT2D eigenvalue weighted by Crippen LogP contribution is 2.27. The van der Waals surface area contributed by atoms with Gasteiger partial charge in [-0.1, -0.05) is 0 Å². The average molecular weight is 422 g/mol. The first kappa shape index (κ1) is 21.9. The second-order valence-corrected chi connectivity index (χ2v) is 6.70. The van der Waals surface area contributed by atoms with Gasteiger partial charge in [0.1, 0.15) is 11.6 Å². The van der Waals surface area contributed by atoms with E-state index in [1.54, 1.807) is 0 Å². The van der Waals surface area contributed by atoms with Crippen LogP contribution in [0.1, 0.15) is 32.1 Å². The van der Waals surface area contributed by atoms with Crippen molar-refractivity contribution >= 4 is 23.5 Å². The van der Waals surface area contributed by atoms with Gasteiger partial charge in [-0.2, -0.15) is 22.0 Å². The first-order valence-electron chi connectivity index (χ1n) is 7.83. The number of esters is 1. The summed E-state index contributed by atoms with van der Waals surface area (Å²) in [6.07, 6.45) is -3.23. The van der Waals surface area contributed by atoms with Crippen LogP contribution in [0.25, 0.3) is 0 Å². The summed E-state index contributed by atoms with van der Waals surface area (Å²) in [6, 6.07) is 3.85. The number of ketones is 1. The molecule has 0 fully saturated rings. The van der Waals surface area contributed by atoms with Crippen LogP contribution in [0.15, 0.2) is 29.4 Å². The van der Waals surface area contributed by atoms with Crippen LogP contribution in [0.4, 0.5) is 22.0 Å². The van der Waals surface area contributed by atoms with Gasteiger partial charge in [0, 0.05) is 23.1 Å². The molecule has 0 bridgehead atoms. The molecule has 2 aromatic rings. The number of carbonyl (C=O) groups excluding carboxylic acids is 2. The van der Waals surface area contributed by atoms with Crippen molar-refractivity contribution in [1.29, 1.82) is 0 Å². The number of ether oxygens (including phenoxy) is 1. The molecule has 0 unspecified atom stereocenters. The number of alkyl halides is 5. The summed E-state index contributed by atoms with van der Waals surface area (Å²) >= 11 is 0.0569. The molecule has 0 amide bonds. The number of aryl methyl sites for hydroxylation is 1. The summed E-state index contributed by atoms with van der Waals surface area (Å²) in [5, 5.41) is -0.252. The van der Waals surface area contributed by atoms with Crippen LogP contribution >= 0.6 is 11.8 Å². The molecule has 0 spiro atoms. The van der Waals surface area contributed by atoms with E-state index >= 15 is 0 Å². The first-order valence-corrected chi connectivity index (χ1v) is 8.71. The Bertz CT molecular complexity index is 880. The lowest BCUT2D eigenvalue weighted by molar-refractivity contribution is -0.141. The second-order valence-electron chi connectivity index (χ2n) is 5.72. The molecular weight excluding hydrogens is 407 g/mol. The fourth-order valence-electron chi connectivity index (χ4n) is 2.52. The molecule has 152 valence electrons. The predicted molar refractivity (Wildman–Crippen MR) is 90.7 cm³/mol. The standard InChI is InChI=1S/C17H15F5N2O3S/c1-9-6-12(10(2)24(9)8-17(20,21)22)13(25)7-27-15(26)11-4-3-5-23-14(11)28-16(18)19/h3-6,16H,7-8H2,1-2H3. The fraction of sp³-hybridized carbons (Fsp3) is 0.353. The van der Waals surface area contributed by atoms with Crippen molar-refractivity contribution in [2.24, 2.45) is 0 Å². The maximum atomic E-state index is 12.6. The third-order valence-electron chi connectivity index (χ3n) is 3.74. The van der Waals surface area contributed by atoms with Crippen LogP contribution in [-0.2, 0) is 11.3 Å². The summed E-state index contributed by atoms with van der Waals surface area (Å²) in [5.41, 5.74) is 0.0737. The highest BCUT2D eigenvalue weighted by atomic mass is 32.2. The van der Waals surface area contributed by atoms with Gasteiger partial charge in [0.05, 0.1) is 5.56 Å². The Balaban J connectivity index is 2.11. The fourth-order valence-corrected chi connectivity index (χ4v) is 3.09. The van der Waals surface area contributed by atoms with Crippen molar-refractivity contribution in [3.63, 3.8) is 0 Å². The Morgan fingerprint density at radius 1 is 1.25 bits per heavy atom. The second kappa shape index (κ2) is 8.72. The molecule has 0 aliphatic rings. The van der Waals surface area contributed by atoms with Gasteiger partial charge in [-0.25, -0.2) is 9.78 Å². The van der Waals surface area contributed by atoms with E-state index in [0.29, 0.717) is 0 Å². The minimum atomic E-state index is -4.46. The van der Waals surface area contributed by atoms with E-state index in [0.717, 1.165) is 4.57 Å². The molecule has 0 radical (unpaired) electrons. The minimum absolute atomic E-state index is 0.0112. The Labute approximate surface area is 160 Å². The molecule has 0 saturated heterocycles. The molecule has 0 N–H and O–H groups in total. The number of halogens is 5. The van der Waals surface area contributed by atoms with E-state index in [2.05, 4.69) is 4.98 Å². The SMILES string of the molecule is Cc1cc(C(=O)COC(=O)c2cccnc2SC(F)F)c(C)n1CC(F)(F)F. The van der Waals surface area contributed by atoms with E-state index in [1.807, 2.05) is 0 Å². The van der Waals surface area contributed by atoms with Crippen LogP contribution in [0.5, 0.6) is 0 Å². The molecule has 28 heavy (non-hydrogen) atoms. The smallest absolute Gasteiger partial charge is 0.406 e. The van der Waals surface area contributed by atoms with Crippen molar-refractivity contribution in [1.82, 2.24) is 9.55 Å². The van der Waals surface area contributed by atoms with Crippen molar-refractivity contribution in [2.45, 2.75) is 37.4 Å². The van der Waals surface area contributed by atoms with Gasteiger partial charge in [-0.3, -0.25) is 4.79 Å². The van der Waals surface area contributed by atoms with Crippen molar-refractivity contribution in [3.8, 4) is 0 Å². The summed E-state index contributed by atoms with van der Waals surface area (Å²) in [4.78, 5) is 28.1. The third-order valence-corrected chi connectivity index (χ3v) is 4.46. The summed E-state index contributed by atoms with van der Waals surface area (Å²) in [6.45, 7) is 0.780. The molecule has 11 heteroatoms. The average Bonchev–Trinajstić information content (AvgIpc) is 2.86. The zero-order valence-electron chi connectivity index (χ0n) is 14.7. The van der Waals surface area contributed by atoms with Crippen LogP contribution in [0.3, 0.4) is 0 Å². The molecule has 2 rings (SSSR count). The molecule has 0 saturated carbocycles. The van der Waals surface area contributed by atoms with Crippen molar-refractivity contribution in [3.05, 3.63) is 46.9 Å². The lowest BCUT2D eigenvalue weighted by Crippen LogP contribution is -2.20. The van der Waals surface area contributed by atoms with E-state index in [-0.39, 0.29) is 39.3 Å². The number of carbonyl (C=O) groups is 2. The number of nitrogens with zero attached hydrogens (tertiary/aromatic N) is 2. The maximum absolute atomic E-state index is 12.6. The predicted octanol–water partition coefficient (Wildman–Crippen LogP) is 4.42. The topological polar surface area (TPSA) is 61.2 Å². The van der Waals surface area contributed by atoms with E-state index < -0.39 is 36.8 Å². The molecular formula is C17H15F5N2O3S. The minimum Gasteiger partial charge on any atom is -0.454 e. The number of hydrogen-bond acceptors (Lipinski definition) is 5. The lowest BCUT2D eigenvalue weighted by Gasteiger charge is -2.12. The largest absolute Gasteiger partial charge is 0.454 e. The molecule has 0 aliphatic carbocycles. The van der Waals surface area contributed by atoms with E-state index in [1.165, 1.54) is 38.2 Å². The van der Waals surface area contributed by atoms with Gasteiger partial charge in [0.25, 0.3) is 5.76 Å². The zero-order valence-corrected chi connectivity index (χ0v) is 15.5. The molecule has 0 aromatic carbocycles. The van der Waals surface area contributed by atoms with Gasteiger partial charge in [0.15, 0.2) is 6.61 Å². The van der Waals surface area contributed by atoms with Gasteiger partial charge in [-0.15, -0.1) is 0 Å². The molecule has 0 aliphatic heterocycles. The molecule has 2 heterocycles. The summed E-state index contributed by atoms with van der Waals surface area (Å²) in [5.74, 6) is -4.54. The Morgan fingerprint density at radius 2 is 1.93 bits per heavy atom. The van der Waals surface area contributed by atoms with Gasteiger partial charge < -0.3 is 9.30 Å². The van der Waals surface area contributed by atoms with Crippen LogP contribution in [0.2, 0.25) is 0 Å². The van der Waals surface area contributed by atoms with Crippen LogP contribution < -0.4 is 0 Å². The van der Waals surface area contributed by atoms with E-state index in [4.69, 9.17) is 4.74 Å². The number of hydrogen-bond donors (Lipinski definition) is 0. The lowest BCUT2D eigenvalue weighted by atomic mass is 10.1. The summed E-state index contributed by atoms with van der Waals surface area (Å²) < 4.78 is 68.8. The number of thioether (sulfide) groups is 1. The van der Waals surface area contributed by atoms with Gasteiger partial charge in [-0.05, 0) is 43.8 Å². The monoisotopic (exact) mass is 422 g/mol. The highest BCUT2D eigenvalue weighted by Gasteiger charge is 2.30. The Morgan fingerprint density at radius 3 is 2.54 bits per heavy atom. The number of Topliss-reactive ketones (excluding diaryl/α,β-unsaturated/α-hetero) is 1. The number of rotatable bonds is 7. The first-order chi connectivity index (χ1) is 13.0. The number of aromatic nitrogens is 2. The van der Waals surface area contributed by atoms with Crippen molar-refractivity contribution < 1.29 is 36.3 Å². The van der Waals surface area contributed by atoms with Gasteiger partial charge in [0.2, 0.25) is 5.78 Å².